The van der Waals surface area contributed by atoms with E-state index in [0.717, 1.165) is 12.4 Å². The van der Waals surface area contributed by atoms with E-state index in [9.17, 15) is 13.2 Å². The van der Waals surface area contributed by atoms with Crippen LogP contribution in [-0.2, 0) is 6.18 Å². The van der Waals surface area contributed by atoms with Gasteiger partial charge in [0.2, 0.25) is 0 Å². The lowest BCUT2D eigenvalue weighted by Gasteiger charge is -2.04. The predicted octanol–water partition coefficient (Wildman–Crippen LogP) is 2.14. The Hall–Kier alpha value is -1.39. The maximum Gasteiger partial charge on any atom is 0.419 e. The van der Waals surface area contributed by atoms with Crippen LogP contribution in [0.2, 0.25) is 0 Å². The van der Waals surface area contributed by atoms with Crippen LogP contribution in [0.5, 0.6) is 0 Å². The summed E-state index contributed by atoms with van der Waals surface area (Å²) in [6, 6.07) is 0. The second kappa shape index (κ2) is 2.92. The number of hydrogen-bond acceptors (Lipinski definition) is 2. The van der Waals surface area contributed by atoms with E-state index in [1.807, 2.05) is 0 Å². The van der Waals surface area contributed by atoms with Crippen LogP contribution < -0.4 is 0 Å². The second-order valence-corrected chi connectivity index (χ2v) is 2.03. The molecule has 0 N–H and O–H groups in total. The maximum absolute atomic E-state index is 11.9. The summed E-state index contributed by atoms with van der Waals surface area (Å²) >= 11 is 0. The summed E-state index contributed by atoms with van der Waals surface area (Å²) in [4.78, 5) is 6.83. The Balaban J connectivity index is 3.00. The molecule has 0 unspecified atom stereocenters. The van der Waals surface area contributed by atoms with Crippen LogP contribution in [0, 0.1) is 0 Å². The highest BCUT2D eigenvalue weighted by molar-refractivity contribution is 5.35. The van der Waals surface area contributed by atoms with E-state index >= 15 is 0 Å². The SMILES string of the molecule is C=Cc1ncc(C(F)(F)F)cn1. The zero-order valence-electron chi connectivity index (χ0n) is 5.97. The Morgan fingerprint density at radius 2 is 1.75 bits per heavy atom. The Kier molecular flexibility index (Phi) is 2.12. The van der Waals surface area contributed by atoms with Crippen molar-refractivity contribution in [2.45, 2.75) is 6.18 Å². The Bertz CT molecular complexity index is 276. The molecule has 0 atom stereocenters. The molecule has 0 aliphatic heterocycles. The van der Waals surface area contributed by atoms with Gasteiger partial charge in [0.1, 0.15) is 0 Å². The molecule has 0 aromatic carbocycles. The summed E-state index contributed by atoms with van der Waals surface area (Å²) in [5.41, 5.74) is -0.854. The van der Waals surface area contributed by atoms with Crippen LogP contribution in [0.1, 0.15) is 11.4 Å². The molecule has 5 heteroatoms. The van der Waals surface area contributed by atoms with E-state index in [0.29, 0.717) is 0 Å². The highest BCUT2D eigenvalue weighted by Crippen LogP contribution is 2.27. The van der Waals surface area contributed by atoms with Crippen molar-refractivity contribution in [3.8, 4) is 0 Å². The zero-order chi connectivity index (χ0) is 9.19. The molecule has 2 nitrogen and oxygen atoms in total. The minimum absolute atomic E-state index is 0.183. The number of alkyl halides is 3. The van der Waals surface area contributed by atoms with E-state index in [4.69, 9.17) is 0 Å². The van der Waals surface area contributed by atoms with Gasteiger partial charge >= 0.3 is 6.18 Å². The maximum atomic E-state index is 11.9. The third-order valence-corrected chi connectivity index (χ3v) is 1.18. The first kappa shape index (κ1) is 8.70. The Morgan fingerprint density at radius 1 is 1.25 bits per heavy atom. The van der Waals surface area contributed by atoms with Crippen molar-refractivity contribution in [3.63, 3.8) is 0 Å². The molecule has 0 saturated heterocycles. The van der Waals surface area contributed by atoms with E-state index in [1.54, 1.807) is 0 Å². The Labute approximate surface area is 66.8 Å². The zero-order valence-corrected chi connectivity index (χ0v) is 5.97. The molecule has 1 rings (SSSR count). The van der Waals surface area contributed by atoms with Crippen LogP contribution >= 0.6 is 0 Å². The second-order valence-electron chi connectivity index (χ2n) is 2.03. The van der Waals surface area contributed by atoms with Crippen LogP contribution in [-0.4, -0.2) is 9.97 Å². The van der Waals surface area contributed by atoms with E-state index in [1.165, 1.54) is 6.08 Å². The molecule has 0 amide bonds. The molecule has 12 heavy (non-hydrogen) atoms. The van der Waals surface area contributed by atoms with Gasteiger partial charge in [-0.05, 0) is 6.08 Å². The van der Waals surface area contributed by atoms with Gasteiger partial charge in [-0.25, -0.2) is 9.97 Å². The molecular weight excluding hydrogens is 169 g/mol. The third-order valence-electron chi connectivity index (χ3n) is 1.18. The number of hydrogen-bond donors (Lipinski definition) is 0. The molecule has 1 aromatic heterocycles. The molecule has 0 aliphatic rings. The van der Waals surface area contributed by atoms with Gasteiger partial charge in [-0.2, -0.15) is 13.2 Å². The van der Waals surface area contributed by atoms with Gasteiger partial charge < -0.3 is 0 Å². The monoisotopic (exact) mass is 174 g/mol. The molecule has 64 valence electrons. The Morgan fingerprint density at radius 3 is 2.08 bits per heavy atom. The van der Waals surface area contributed by atoms with Crippen LogP contribution in [0.15, 0.2) is 19.0 Å². The number of nitrogens with zero attached hydrogens (tertiary/aromatic N) is 2. The molecule has 0 radical (unpaired) electrons. The third kappa shape index (κ3) is 1.81. The van der Waals surface area contributed by atoms with E-state index < -0.39 is 11.7 Å². The fraction of sp³-hybridized carbons (Fsp3) is 0.143. The highest BCUT2D eigenvalue weighted by Gasteiger charge is 2.31. The summed E-state index contributed by atoms with van der Waals surface area (Å²) in [5, 5.41) is 0. The topological polar surface area (TPSA) is 25.8 Å². The first-order chi connectivity index (χ1) is 5.54. The lowest BCUT2D eigenvalue weighted by atomic mass is 10.3. The number of rotatable bonds is 1. The van der Waals surface area contributed by atoms with Crippen LogP contribution in [0.3, 0.4) is 0 Å². The van der Waals surface area contributed by atoms with Gasteiger partial charge in [-0.15, -0.1) is 0 Å². The standard InChI is InChI=1S/C7H5F3N2/c1-2-6-11-3-5(4-12-6)7(8,9)10/h2-4H,1H2. The average molecular weight is 174 g/mol. The summed E-state index contributed by atoms with van der Waals surface area (Å²) in [7, 11) is 0. The summed E-state index contributed by atoms with van der Waals surface area (Å²) in [5.74, 6) is 0.183. The van der Waals surface area contributed by atoms with Crippen LogP contribution in [0.4, 0.5) is 13.2 Å². The highest BCUT2D eigenvalue weighted by atomic mass is 19.4. The average Bonchev–Trinajstić information content (AvgIpc) is 2.03. The first-order valence-corrected chi connectivity index (χ1v) is 3.05. The normalized spacial score (nSPS) is 11.2. The van der Waals surface area contributed by atoms with Gasteiger partial charge in [0, 0.05) is 12.4 Å². The molecule has 0 aliphatic carbocycles. The fourth-order valence-corrected chi connectivity index (χ4v) is 0.590. The van der Waals surface area contributed by atoms with Crippen molar-refractivity contribution in [2.75, 3.05) is 0 Å². The lowest BCUT2D eigenvalue weighted by molar-refractivity contribution is -0.138. The minimum atomic E-state index is -4.38. The summed E-state index contributed by atoms with van der Waals surface area (Å²) in [6.45, 7) is 3.32. The van der Waals surface area contributed by atoms with Gasteiger partial charge in [-0.1, -0.05) is 6.58 Å². The molecule has 0 spiro atoms. The molecule has 0 bridgehead atoms. The quantitative estimate of drug-likeness (QED) is 0.651. The molecule has 1 heterocycles. The van der Waals surface area contributed by atoms with Crippen LogP contribution in [0.25, 0.3) is 6.08 Å². The van der Waals surface area contributed by atoms with Gasteiger partial charge in [0.15, 0.2) is 5.82 Å². The number of halogens is 3. The minimum Gasteiger partial charge on any atom is -0.237 e. The summed E-state index contributed by atoms with van der Waals surface area (Å²) < 4.78 is 35.8. The van der Waals surface area contributed by atoms with E-state index in [-0.39, 0.29) is 5.82 Å². The fourth-order valence-electron chi connectivity index (χ4n) is 0.590. The summed E-state index contributed by atoms with van der Waals surface area (Å²) in [6.07, 6.45) is -1.64. The lowest BCUT2D eigenvalue weighted by Crippen LogP contribution is -2.06. The van der Waals surface area contributed by atoms with Crippen molar-refractivity contribution < 1.29 is 13.2 Å². The molecular formula is C7H5F3N2. The van der Waals surface area contributed by atoms with Gasteiger partial charge in [0.25, 0.3) is 0 Å². The molecule has 0 saturated carbocycles. The van der Waals surface area contributed by atoms with Gasteiger partial charge in [0.05, 0.1) is 5.56 Å². The largest absolute Gasteiger partial charge is 0.419 e. The van der Waals surface area contributed by atoms with Crippen molar-refractivity contribution in [1.82, 2.24) is 9.97 Å². The van der Waals surface area contributed by atoms with Crippen molar-refractivity contribution in [2.24, 2.45) is 0 Å². The number of aromatic nitrogens is 2. The first-order valence-electron chi connectivity index (χ1n) is 3.05. The van der Waals surface area contributed by atoms with Crippen molar-refractivity contribution >= 4 is 6.08 Å². The molecule has 1 aromatic rings. The van der Waals surface area contributed by atoms with Gasteiger partial charge in [-0.3, -0.25) is 0 Å². The van der Waals surface area contributed by atoms with E-state index in [2.05, 4.69) is 16.5 Å². The molecule has 0 fully saturated rings. The smallest absolute Gasteiger partial charge is 0.237 e. The van der Waals surface area contributed by atoms with Crippen molar-refractivity contribution in [1.29, 1.82) is 0 Å². The van der Waals surface area contributed by atoms with Crippen molar-refractivity contribution in [3.05, 3.63) is 30.4 Å². The predicted molar refractivity (Wildman–Crippen MR) is 37.1 cm³/mol.